The molecule has 13 heavy (non-hydrogen) atoms. The summed E-state index contributed by atoms with van der Waals surface area (Å²) >= 11 is 1.75. The van der Waals surface area contributed by atoms with Crippen LogP contribution in [-0.4, -0.2) is 22.1 Å². The van der Waals surface area contributed by atoms with Crippen molar-refractivity contribution in [1.82, 2.24) is 10.5 Å². The molecule has 70 valence electrons. The zero-order valence-electron chi connectivity index (χ0n) is 7.36. The molecule has 1 aromatic heterocycles. The lowest BCUT2D eigenvalue weighted by Gasteiger charge is -1.99. The van der Waals surface area contributed by atoms with E-state index in [0.29, 0.717) is 12.6 Å². The molecule has 1 N–H and O–H groups in total. The predicted octanol–water partition coefficient (Wildman–Crippen LogP) is 1.26. The fourth-order valence-electron chi connectivity index (χ4n) is 1.06. The number of amidine groups is 1. The molecule has 4 nitrogen and oxygen atoms in total. The third kappa shape index (κ3) is 2.24. The lowest BCUT2D eigenvalue weighted by molar-refractivity contribution is 0.385. The van der Waals surface area contributed by atoms with Crippen LogP contribution in [0.2, 0.25) is 0 Å². The minimum absolute atomic E-state index is 0.526. The van der Waals surface area contributed by atoms with Crippen molar-refractivity contribution in [2.75, 3.05) is 5.75 Å². The van der Waals surface area contributed by atoms with Crippen molar-refractivity contribution in [2.45, 2.75) is 19.5 Å². The average molecular weight is 197 g/mol. The molecule has 1 saturated heterocycles. The molecule has 1 aromatic rings. The first-order chi connectivity index (χ1) is 6.34. The van der Waals surface area contributed by atoms with Crippen LogP contribution in [0, 0.1) is 0 Å². The Morgan fingerprint density at radius 3 is 3.38 bits per heavy atom. The second kappa shape index (κ2) is 3.83. The summed E-state index contributed by atoms with van der Waals surface area (Å²) in [5, 5.41) is 7.88. The lowest BCUT2D eigenvalue weighted by atomic mass is 10.4. The van der Waals surface area contributed by atoms with E-state index < -0.39 is 0 Å². The summed E-state index contributed by atoms with van der Waals surface area (Å²) in [6.07, 6.45) is 1.63. The summed E-state index contributed by atoms with van der Waals surface area (Å²) in [6.45, 7) is 2.71. The van der Waals surface area contributed by atoms with Crippen molar-refractivity contribution in [2.24, 2.45) is 4.99 Å². The number of aliphatic imine (C=N–C) groups is 1. The quantitative estimate of drug-likeness (QED) is 0.775. The maximum absolute atomic E-state index is 4.93. The van der Waals surface area contributed by atoms with E-state index in [-0.39, 0.29) is 0 Å². The molecule has 0 bridgehead atoms. The van der Waals surface area contributed by atoms with Gasteiger partial charge in [0.2, 0.25) is 0 Å². The SMILES string of the molecule is CC1CSC(=NCc2ccno2)N1. The van der Waals surface area contributed by atoms with Gasteiger partial charge in [0.15, 0.2) is 10.9 Å². The van der Waals surface area contributed by atoms with Gasteiger partial charge in [-0.3, -0.25) is 4.99 Å². The minimum atomic E-state index is 0.526. The Balaban J connectivity index is 1.91. The molecule has 1 unspecified atom stereocenters. The highest BCUT2D eigenvalue weighted by Crippen LogP contribution is 2.13. The normalized spacial score (nSPS) is 25.0. The van der Waals surface area contributed by atoms with E-state index in [4.69, 9.17) is 4.52 Å². The highest BCUT2D eigenvalue weighted by Gasteiger charge is 2.14. The van der Waals surface area contributed by atoms with Gasteiger partial charge in [-0.25, -0.2) is 0 Å². The van der Waals surface area contributed by atoms with Gasteiger partial charge < -0.3 is 9.84 Å². The Labute approximate surface area is 80.8 Å². The molecular formula is C8H11N3OS. The van der Waals surface area contributed by atoms with Crippen LogP contribution >= 0.6 is 11.8 Å². The van der Waals surface area contributed by atoms with Gasteiger partial charge in [0.1, 0.15) is 6.54 Å². The summed E-state index contributed by atoms with van der Waals surface area (Å²) in [6, 6.07) is 2.35. The van der Waals surface area contributed by atoms with Crippen LogP contribution in [0.25, 0.3) is 0 Å². The number of nitrogens with zero attached hydrogens (tertiary/aromatic N) is 2. The zero-order chi connectivity index (χ0) is 9.10. The number of rotatable bonds is 2. The van der Waals surface area contributed by atoms with E-state index in [1.807, 2.05) is 6.07 Å². The van der Waals surface area contributed by atoms with Gasteiger partial charge in [-0.2, -0.15) is 0 Å². The van der Waals surface area contributed by atoms with E-state index in [0.717, 1.165) is 16.7 Å². The molecule has 0 aromatic carbocycles. The van der Waals surface area contributed by atoms with Gasteiger partial charge in [0, 0.05) is 17.9 Å². The maximum atomic E-state index is 4.93. The van der Waals surface area contributed by atoms with Crippen LogP contribution in [0.1, 0.15) is 12.7 Å². The molecule has 2 rings (SSSR count). The molecule has 0 aliphatic carbocycles. The molecule has 1 aliphatic heterocycles. The van der Waals surface area contributed by atoms with E-state index in [9.17, 15) is 0 Å². The molecule has 1 fully saturated rings. The maximum Gasteiger partial charge on any atom is 0.158 e. The van der Waals surface area contributed by atoms with Gasteiger partial charge >= 0.3 is 0 Å². The number of hydrogen-bond donors (Lipinski definition) is 1. The van der Waals surface area contributed by atoms with Crippen LogP contribution in [0.4, 0.5) is 0 Å². The van der Waals surface area contributed by atoms with Gasteiger partial charge in [0.25, 0.3) is 0 Å². The fraction of sp³-hybridized carbons (Fsp3) is 0.500. The van der Waals surface area contributed by atoms with E-state index in [1.165, 1.54) is 0 Å². The smallest absolute Gasteiger partial charge is 0.158 e. The number of nitrogens with one attached hydrogen (secondary N) is 1. The van der Waals surface area contributed by atoms with Gasteiger partial charge in [-0.15, -0.1) is 0 Å². The number of hydrogen-bond acceptors (Lipinski definition) is 4. The van der Waals surface area contributed by atoms with Gasteiger partial charge in [-0.1, -0.05) is 16.9 Å². The highest BCUT2D eigenvalue weighted by atomic mass is 32.2. The summed E-state index contributed by atoms with van der Waals surface area (Å²) in [7, 11) is 0. The molecule has 0 saturated carbocycles. The van der Waals surface area contributed by atoms with Crippen LogP contribution < -0.4 is 5.32 Å². The molecule has 2 heterocycles. The molecule has 1 aliphatic rings. The molecule has 0 spiro atoms. The van der Waals surface area contributed by atoms with Crippen molar-refractivity contribution in [3.05, 3.63) is 18.0 Å². The van der Waals surface area contributed by atoms with Crippen LogP contribution in [-0.2, 0) is 6.54 Å². The highest BCUT2D eigenvalue weighted by molar-refractivity contribution is 8.14. The van der Waals surface area contributed by atoms with Crippen LogP contribution in [0.15, 0.2) is 21.8 Å². The van der Waals surface area contributed by atoms with Gasteiger partial charge in [-0.05, 0) is 6.92 Å². The fourth-order valence-corrected chi connectivity index (χ4v) is 1.99. The summed E-state index contributed by atoms with van der Waals surface area (Å²) < 4.78 is 4.93. The van der Waals surface area contributed by atoms with Crippen molar-refractivity contribution >= 4 is 16.9 Å². The largest absolute Gasteiger partial charge is 0.362 e. The first-order valence-electron chi connectivity index (χ1n) is 4.18. The monoisotopic (exact) mass is 197 g/mol. The first kappa shape index (κ1) is 8.62. The van der Waals surface area contributed by atoms with E-state index in [1.54, 1.807) is 18.0 Å². The third-order valence-corrected chi connectivity index (χ3v) is 2.90. The third-order valence-electron chi connectivity index (χ3n) is 1.71. The molecule has 1 atom stereocenters. The summed E-state index contributed by atoms with van der Waals surface area (Å²) in [5.74, 6) is 1.89. The van der Waals surface area contributed by atoms with Crippen molar-refractivity contribution in [3.63, 3.8) is 0 Å². The molecule has 0 radical (unpaired) electrons. The van der Waals surface area contributed by atoms with Gasteiger partial charge in [0.05, 0.1) is 6.20 Å². The Kier molecular flexibility index (Phi) is 2.54. The van der Waals surface area contributed by atoms with Crippen LogP contribution in [0.5, 0.6) is 0 Å². The Morgan fingerprint density at radius 2 is 2.77 bits per heavy atom. The first-order valence-corrected chi connectivity index (χ1v) is 5.16. The second-order valence-corrected chi connectivity index (χ2v) is 3.97. The Hall–Kier alpha value is -0.970. The Bertz CT molecular complexity index is 296. The van der Waals surface area contributed by atoms with E-state index >= 15 is 0 Å². The topological polar surface area (TPSA) is 50.4 Å². The van der Waals surface area contributed by atoms with E-state index in [2.05, 4.69) is 22.4 Å². The number of thioether (sulfide) groups is 1. The molecular weight excluding hydrogens is 186 g/mol. The summed E-state index contributed by atoms with van der Waals surface area (Å²) in [4.78, 5) is 4.35. The molecule has 5 heteroatoms. The van der Waals surface area contributed by atoms with Crippen molar-refractivity contribution in [1.29, 1.82) is 0 Å². The average Bonchev–Trinajstić information content (AvgIpc) is 2.71. The number of aromatic nitrogens is 1. The second-order valence-electron chi connectivity index (χ2n) is 2.96. The molecule has 0 amide bonds. The van der Waals surface area contributed by atoms with Crippen molar-refractivity contribution in [3.8, 4) is 0 Å². The van der Waals surface area contributed by atoms with Crippen LogP contribution in [0.3, 0.4) is 0 Å². The predicted molar refractivity (Wildman–Crippen MR) is 52.7 cm³/mol. The minimum Gasteiger partial charge on any atom is -0.362 e. The Morgan fingerprint density at radius 1 is 1.85 bits per heavy atom. The lowest BCUT2D eigenvalue weighted by Crippen LogP contribution is -2.23. The zero-order valence-corrected chi connectivity index (χ0v) is 8.17. The summed E-state index contributed by atoms with van der Waals surface area (Å²) in [5.41, 5.74) is 0. The standard InChI is InChI=1S/C8H11N3OS/c1-6-5-13-8(11-6)9-4-7-2-3-10-12-7/h2-3,6H,4-5H2,1H3,(H,9,11). The van der Waals surface area contributed by atoms with Crippen molar-refractivity contribution < 1.29 is 4.52 Å².